The quantitative estimate of drug-likeness (QED) is 0.260. The summed E-state index contributed by atoms with van der Waals surface area (Å²) in [5.74, 6) is -2.82. The fourth-order valence-electron chi connectivity index (χ4n) is 3.78. The molecule has 0 radical (unpaired) electrons. The predicted molar refractivity (Wildman–Crippen MR) is 135 cm³/mol. The maximum Gasteiger partial charge on any atom is 0.471 e. The molecule has 4 rings (SSSR count). The SMILES string of the molecule is COC(=O)c1ccc(S(=O)(=O)Nc2noc3cc(Cn4cc(CNC(=O)C(F)(F)F)cn4)cc(OC)c23)c(OC)c1. The van der Waals surface area contributed by atoms with E-state index in [-0.39, 0.29) is 51.8 Å². The Morgan fingerprint density at radius 1 is 1.05 bits per heavy atom. The molecule has 0 unspecified atom stereocenters. The Labute approximate surface area is 230 Å². The van der Waals surface area contributed by atoms with Gasteiger partial charge in [0.25, 0.3) is 10.0 Å². The molecule has 0 aliphatic heterocycles. The van der Waals surface area contributed by atoms with E-state index in [1.54, 1.807) is 17.4 Å². The number of halogens is 3. The Morgan fingerprint density at radius 3 is 2.44 bits per heavy atom. The summed E-state index contributed by atoms with van der Waals surface area (Å²) in [4.78, 5) is 22.6. The summed E-state index contributed by atoms with van der Waals surface area (Å²) in [6.07, 6.45) is -2.24. The van der Waals surface area contributed by atoms with Crippen LogP contribution in [0.3, 0.4) is 0 Å². The number of amides is 1. The number of ether oxygens (including phenoxy) is 3. The molecule has 0 saturated carbocycles. The highest BCUT2D eigenvalue weighted by molar-refractivity contribution is 7.92. The number of carbonyl (C=O) groups is 2. The predicted octanol–water partition coefficient (Wildman–Crippen LogP) is 2.86. The Balaban J connectivity index is 1.57. The van der Waals surface area contributed by atoms with Gasteiger partial charge in [-0.15, -0.1) is 0 Å². The van der Waals surface area contributed by atoms with Crippen molar-refractivity contribution in [2.24, 2.45) is 0 Å². The topological polar surface area (TPSA) is 164 Å². The summed E-state index contributed by atoms with van der Waals surface area (Å²) in [6.45, 7) is -0.243. The van der Waals surface area contributed by atoms with Gasteiger partial charge in [0, 0.05) is 18.3 Å². The lowest BCUT2D eigenvalue weighted by Gasteiger charge is -2.12. The summed E-state index contributed by atoms with van der Waals surface area (Å²) in [6, 6.07) is 6.80. The standard InChI is InChI=1S/C24H22F3N5O8S/c1-37-16-8-15(22(33)39-3)4-5-19(16)41(35,36)31-21-20-17(38-2)6-13(7-18(20)40-30-21)11-32-12-14(10-29-32)9-28-23(34)24(25,26)27/h4-8,10,12H,9,11H2,1-3H3,(H,28,34)(H,30,31). The number of alkyl halides is 3. The highest BCUT2D eigenvalue weighted by Gasteiger charge is 2.38. The van der Waals surface area contributed by atoms with Crippen LogP contribution in [0.15, 0.2) is 52.1 Å². The second kappa shape index (κ2) is 11.4. The zero-order valence-corrected chi connectivity index (χ0v) is 22.4. The van der Waals surface area contributed by atoms with Gasteiger partial charge in [0.1, 0.15) is 21.8 Å². The van der Waals surface area contributed by atoms with Crippen molar-refractivity contribution >= 4 is 38.7 Å². The van der Waals surface area contributed by atoms with Crippen molar-refractivity contribution in [3.63, 3.8) is 0 Å². The molecule has 4 aromatic rings. The molecule has 17 heteroatoms. The molecule has 2 aromatic heterocycles. The van der Waals surface area contributed by atoms with Gasteiger partial charge in [-0.1, -0.05) is 5.16 Å². The first-order valence-electron chi connectivity index (χ1n) is 11.5. The number of nitrogens with zero attached hydrogens (tertiary/aromatic N) is 3. The fraction of sp³-hybridized carbons (Fsp3) is 0.250. The smallest absolute Gasteiger partial charge is 0.471 e. The molecule has 41 heavy (non-hydrogen) atoms. The summed E-state index contributed by atoms with van der Waals surface area (Å²) < 4.78 is 87.9. The molecule has 2 heterocycles. The third-order valence-electron chi connectivity index (χ3n) is 5.66. The van der Waals surface area contributed by atoms with Crippen molar-refractivity contribution in [1.82, 2.24) is 20.3 Å². The number of aromatic nitrogens is 3. The van der Waals surface area contributed by atoms with Gasteiger partial charge in [-0.2, -0.15) is 18.3 Å². The molecule has 0 fully saturated rings. The van der Waals surface area contributed by atoms with Crippen molar-refractivity contribution in [3.05, 3.63) is 59.4 Å². The Morgan fingerprint density at radius 2 is 1.78 bits per heavy atom. The number of sulfonamides is 1. The van der Waals surface area contributed by atoms with E-state index < -0.39 is 28.1 Å². The van der Waals surface area contributed by atoms with Crippen LogP contribution in [-0.2, 0) is 32.6 Å². The minimum Gasteiger partial charge on any atom is -0.496 e. The average Bonchev–Trinajstić information content (AvgIpc) is 3.56. The van der Waals surface area contributed by atoms with Gasteiger partial charge >= 0.3 is 18.1 Å². The second-order valence-electron chi connectivity index (χ2n) is 8.39. The molecule has 2 aromatic carbocycles. The number of anilines is 1. The van der Waals surface area contributed by atoms with Crippen LogP contribution in [0.1, 0.15) is 21.5 Å². The number of fused-ring (bicyclic) bond motifs is 1. The van der Waals surface area contributed by atoms with Gasteiger partial charge in [-0.25, -0.2) is 13.2 Å². The zero-order valence-electron chi connectivity index (χ0n) is 21.6. The lowest BCUT2D eigenvalue weighted by Crippen LogP contribution is -2.36. The van der Waals surface area contributed by atoms with E-state index in [0.29, 0.717) is 11.1 Å². The van der Waals surface area contributed by atoms with Crippen LogP contribution in [0.5, 0.6) is 11.5 Å². The van der Waals surface area contributed by atoms with Gasteiger partial charge in [0.2, 0.25) is 0 Å². The van der Waals surface area contributed by atoms with Crippen LogP contribution in [0.4, 0.5) is 19.0 Å². The van der Waals surface area contributed by atoms with E-state index in [1.807, 2.05) is 0 Å². The molecule has 0 saturated heterocycles. The Hall–Kier alpha value is -4.80. The Kier molecular flexibility index (Phi) is 8.09. The molecule has 2 N–H and O–H groups in total. The lowest BCUT2D eigenvalue weighted by molar-refractivity contribution is -0.173. The van der Waals surface area contributed by atoms with E-state index in [1.165, 1.54) is 56.6 Å². The maximum atomic E-state index is 13.2. The van der Waals surface area contributed by atoms with Crippen LogP contribution in [0.2, 0.25) is 0 Å². The molecular formula is C24H22F3N5O8S. The third kappa shape index (κ3) is 6.34. The summed E-state index contributed by atoms with van der Waals surface area (Å²) in [5, 5.41) is 9.88. The maximum absolute atomic E-state index is 13.2. The molecule has 13 nitrogen and oxygen atoms in total. The number of hydrogen-bond acceptors (Lipinski definition) is 10. The van der Waals surface area contributed by atoms with Crippen LogP contribution >= 0.6 is 0 Å². The van der Waals surface area contributed by atoms with Gasteiger partial charge < -0.3 is 24.1 Å². The number of rotatable bonds is 10. The molecular weight excluding hydrogens is 575 g/mol. The van der Waals surface area contributed by atoms with Crippen LogP contribution in [0.25, 0.3) is 11.0 Å². The Bertz CT molecular complexity index is 1720. The average molecular weight is 598 g/mol. The molecule has 0 bridgehead atoms. The largest absolute Gasteiger partial charge is 0.496 e. The summed E-state index contributed by atoms with van der Waals surface area (Å²) >= 11 is 0. The van der Waals surface area contributed by atoms with Crippen molar-refractivity contribution in [3.8, 4) is 11.5 Å². The van der Waals surface area contributed by atoms with Crippen molar-refractivity contribution in [2.45, 2.75) is 24.2 Å². The van der Waals surface area contributed by atoms with Gasteiger partial charge in [0.05, 0.1) is 39.6 Å². The van der Waals surface area contributed by atoms with E-state index in [9.17, 15) is 31.2 Å². The van der Waals surface area contributed by atoms with E-state index in [4.69, 9.17) is 14.0 Å². The van der Waals surface area contributed by atoms with Crippen molar-refractivity contribution < 1.29 is 49.9 Å². The zero-order chi connectivity index (χ0) is 29.9. The number of hydrogen-bond donors (Lipinski definition) is 2. The van der Waals surface area contributed by atoms with Gasteiger partial charge in [0.15, 0.2) is 11.4 Å². The summed E-state index contributed by atoms with van der Waals surface area (Å²) in [5.41, 5.74) is 1.16. The molecule has 0 aliphatic carbocycles. The number of esters is 1. The number of benzene rings is 2. The van der Waals surface area contributed by atoms with Crippen molar-refractivity contribution in [1.29, 1.82) is 0 Å². The van der Waals surface area contributed by atoms with Gasteiger partial charge in [-0.05, 0) is 35.9 Å². The third-order valence-corrected chi connectivity index (χ3v) is 7.04. The molecule has 0 spiro atoms. The normalized spacial score (nSPS) is 11.8. The lowest BCUT2D eigenvalue weighted by atomic mass is 10.1. The highest BCUT2D eigenvalue weighted by atomic mass is 32.2. The van der Waals surface area contributed by atoms with Crippen LogP contribution in [0, 0.1) is 0 Å². The number of nitrogens with one attached hydrogen (secondary N) is 2. The summed E-state index contributed by atoms with van der Waals surface area (Å²) in [7, 11) is -0.505. The van der Waals surface area contributed by atoms with E-state index >= 15 is 0 Å². The molecule has 0 atom stereocenters. The van der Waals surface area contributed by atoms with Crippen LogP contribution in [-0.4, -0.2) is 62.7 Å². The monoisotopic (exact) mass is 597 g/mol. The minimum atomic E-state index is -4.99. The minimum absolute atomic E-state index is 0.0831. The number of methoxy groups -OCH3 is 3. The van der Waals surface area contributed by atoms with Crippen LogP contribution < -0.4 is 19.5 Å². The van der Waals surface area contributed by atoms with E-state index in [0.717, 1.165) is 0 Å². The first kappa shape index (κ1) is 29.2. The van der Waals surface area contributed by atoms with Crippen molar-refractivity contribution in [2.75, 3.05) is 26.1 Å². The molecule has 218 valence electrons. The highest BCUT2D eigenvalue weighted by Crippen LogP contribution is 2.36. The molecule has 0 aliphatic rings. The first-order chi connectivity index (χ1) is 19.4. The second-order valence-corrected chi connectivity index (χ2v) is 10.0. The van der Waals surface area contributed by atoms with E-state index in [2.05, 4.69) is 19.7 Å². The van der Waals surface area contributed by atoms with Gasteiger partial charge in [-0.3, -0.25) is 14.2 Å². The fourth-order valence-corrected chi connectivity index (χ4v) is 4.94. The number of carbonyl (C=O) groups excluding carboxylic acids is 2. The molecule has 1 amide bonds. The first-order valence-corrected chi connectivity index (χ1v) is 13.0.